The molecule has 0 bridgehead atoms. The van der Waals surface area contributed by atoms with Gasteiger partial charge in [-0.05, 0) is 0 Å². The predicted molar refractivity (Wildman–Crippen MR) is 67.6 cm³/mol. The molecule has 0 saturated heterocycles. The van der Waals surface area contributed by atoms with Gasteiger partial charge in [0.2, 0.25) is 9.90 Å². The minimum Gasteiger partial charge on any atom is -0.458 e. The third-order valence-electron chi connectivity index (χ3n) is 1.89. The van der Waals surface area contributed by atoms with Gasteiger partial charge in [-0.25, -0.2) is 4.79 Å². The van der Waals surface area contributed by atoms with Crippen molar-refractivity contribution in [1.82, 2.24) is 0 Å². The molecule has 0 radical (unpaired) electrons. The van der Waals surface area contributed by atoms with Crippen LogP contribution < -0.4 is 0 Å². The number of carbonyl (C=O) groups is 2. The van der Waals surface area contributed by atoms with Gasteiger partial charge in [-0.15, -0.1) is 0 Å². The van der Waals surface area contributed by atoms with Crippen LogP contribution in [0.15, 0.2) is 30.3 Å². The van der Waals surface area contributed by atoms with Gasteiger partial charge in [0.1, 0.15) is 6.61 Å². The van der Waals surface area contributed by atoms with E-state index >= 15 is 0 Å². The molecule has 1 atom stereocenters. The van der Waals surface area contributed by atoms with E-state index in [1.165, 1.54) is 0 Å². The van der Waals surface area contributed by atoms with E-state index in [0.717, 1.165) is 0 Å². The van der Waals surface area contributed by atoms with Crippen molar-refractivity contribution >= 4 is 47.2 Å². The fraction of sp³-hybridized carbons (Fsp3) is 0.273. The minimum atomic E-state index is -1.71. The predicted octanol–water partition coefficient (Wildman–Crippen LogP) is 2.81. The second-order valence-electron chi connectivity index (χ2n) is 3.25. The van der Waals surface area contributed by atoms with Crippen molar-refractivity contribution in [2.45, 2.75) is 9.90 Å². The Morgan fingerprint density at radius 3 is 2.39 bits per heavy atom. The van der Waals surface area contributed by atoms with Crippen molar-refractivity contribution in [1.29, 1.82) is 0 Å². The Morgan fingerprint density at radius 2 is 1.89 bits per heavy atom. The third-order valence-corrected chi connectivity index (χ3v) is 2.21. The molecule has 0 fully saturated rings. The van der Waals surface area contributed by atoms with Crippen LogP contribution in [0.3, 0.4) is 0 Å². The summed E-state index contributed by atoms with van der Waals surface area (Å²) in [5.41, 5.74) is 0.471. The lowest BCUT2D eigenvalue weighted by Crippen LogP contribution is -2.23. The zero-order valence-electron chi connectivity index (χ0n) is 9.02. The first-order valence-corrected chi connectivity index (χ1v) is 5.95. The topological polar surface area (TPSA) is 52.6 Å². The highest BCUT2D eigenvalue weighted by molar-refractivity contribution is 6.67. The number of alkyl halides is 3. The lowest BCUT2D eigenvalue weighted by molar-refractivity contribution is -0.162. The molecule has 1 rings (SSSR count). The lowest BCUT2D eigenvalue weighted by Gasteiger charge is -2.16. The van der Waals surface area contributed by atoms with Gasteiger partial charge in [-0.2, -0.15) is 0 Å². The normalized spacial score (nSPS) is 12.6. The highest BCUT2D eigenvalue weighted by Gasteiger charge is 2.28. The van der Waals surface area contributed by atoms with E-state index in [9.17, 15) is 9.59 Å². The van der Waals surface area contributed by atoms with Crippen LogP contribution in [0.5, 0.6) is 0 Å². The molecule has 0 N–H and O–H groups in total. The van der Waals surface area contributed by atoms with E-state index in [-0.39, 0.29) is 6.47 Å². The van der Waals surface area contributed by atoms with E-state index in [1.54, 1.807) is 30.3 Å². The van der Waals surface area contributed by atoms with E-state index in [4.69, 9.17) is 39.5 Å². The van der Waals surface area contributed by atoms with Crippen LogP contribution in [0.2, 0.25) is 0 Å². The summed E-state index contributed by atoms with van der Waals surface area (Å²) in [5, 5.41) is 0. The summed E-state index contributed by atoms with van der Waals surface area (Å²) in [6.45, 7) is -0.268. The number of esters is 1. The summed E-state index contributed by atoms with van der Waals surface area (Å²) in [6, 6.07) is 8.38. The first kappa shape index (κ1) is 15.1. The Hall–Kier alpha value is -0.970. The maximum Gasteiger partial charge on any atom is 0.352 e. The van der Waals surface area contributed by atoms with Gasteiger partial charge in [0.15, 0.2) is 0 Å². The maximum absolute atomic E-state index is 11.7. The van der Waals surface area contributed by atoms with Crippen LogP contribution in [0.4, 0.5) is 0 Å². The van der Waals surface area contributed by atoms with Gasteiger partial charge in [-0.1, -0.05) is 65.1 Å². The van der Waals surface area contributed by atoms with Crippen LogP contribution >= 0.6 is 34.8 Å². The number of hydrogen-bond donors (Lipinski definition) is 0. The molecule has 7 heteroatoms. The zero-order chi connectivity index (χ0) is 13.6. The van der Waals surface area contributed by atoms with Gasteiger partial charge < -0.3 is 9.47 Å². The van der Waals surface area contributed by atoms with Crippen LogP contribution in [-0.2, 0) is 19.1 Å². The smallest absolute Gasteiger partial charge is 0.352 e. The first-order chi connectivity index (χ1) is 8.44. The van der Waals surface area contributed by atoms with Crippen LogP contribution in [0.1, 0.15) is 11.7 Å². The van der Waals surface area contributed by atoms with E-state index in [1.807, 2.05) is 0 Å². The summed E-state index contributed by atoms with van der Waals surface area (Å²) in [4.78, 5) is 22.1. The quantitative estimate of drug-likeness (QED) is 0.477. The average molecular weight is 312 g/mol. The van der Waals surface area contributed by atoms with Crippen LogP contribution in [0, 0.1) is 0 Å². The molecule has 0 aliphatic rings. The number of benzene rings is 1. The second kappa shape index (κ2) is 6.83. The van der Waals surface area contributed by atoms with Gasteiger partial charge in [0, 0.05) is 5.56 Å². The van der Waals surface area contributed by atoms with E-state index in [2.05, 4.69) is 4.74 Å². The minimum absolute atomic E-state index is 0.161. The Bertz CT molecular complexity index is 402. The molecule has 0 aliphatic heterocycles. The molecule has 0 heterocycles. The first-order valence-electron chi connectivity index (χ1n) is 4.81. The Balaban J connectivity index is 2.73. The molecule has 0 spiro atoms. The number of hydrogen-bond acceptors (Lipinski definition) is 4. The monoisotopic (exact) mass is 310 g/mol. The summed E-state index contributed by atoms with van der Waals surface area (Å²) in [7, 11) is 0. The molecular formula is C11H9Cl3O4. The molecule has 0 aromatic heterocycles. The van der Waals surface area contributed by atoms with Crippen LogP contribution in [0.25, 0.3) is 0 Å². The lowest BCUT2D eigenvalue weighted by atomic mass is 10.1. The highest BCUT2D eigenvalue weighted by Crippen LogP contribution is 2.27. The van der Waals surface area contributed by atoms with Crippen molar-refractivity contribution in [3.63, 3.8) is 0 Å². The summed E-state index contributed by atoms with van der Waals surface area (Å²) < 4.78 is 7.72. The number of halogens is 3. The van der Waals surface area contributed by atoms with Gasteiger partial charge >= 0.3 is 5.97 Å². The van der Waals surface area contributed by atoms with Gasteiger partial charge in [0.05, 0.1) is 0 Å². The molecule has 1 aromatic rings. The fourth-order valence-electron chi connectivity index (χ4n) is 1.18. The highest BCUT2D eigenvalue weighted by atomic mass is 35.6. The van der Waals surface area contributed by atoms with Crippen molar-refractivity contribution in [2.24, 2.45) is 0 Å². The maximum atomic E-state index is 11.7. The number of carbonyl (C=O) groups excluding carboxylic acids is 2. The molecule has 1 aromatic carbocycles. The fourth-order valence-corrected chi connectivity index (χ4v) is 1.35. The molecular weight excluding hydrogens is 302 g/mol. The standard InChI is InChI=1S/C11H9Cl3O4/c12-11(13,14)6-17-10(16)9(18-7-15)8-4-2-1-3-5-8/h1-5,7,9H,6H2. The van der Waals surface area contributed by atoms with Gasteiger partial charge in [0.25, 0.3) is 6.47 Å². The molecule has 18 heavy (non-hydrogen) atoms. The molecule has 1 unspecified atom stereocenters. The Labute approximate surface area is 119 Å². The molecule has 98 valence electrons. The number of rotatable bonds is 5. The second-order valence-corrected chi connectivity index (χ2v) is 5.76. The third kappa shape index (κ3) is 5.12. The van der Waals surface area contributed by atoms with Crippen molar-refractivity contribution in [2.75, 3.05) is 6.61 Å². The van der Waals surface area contributed by atoms with Crippen molar-refractivity contribution in [3.8, 4) is 0 Å². The molecule has 4 nitrogen and oxygen atoms in total. The van der Waals surface area contributed by atoms with Crippen LogP contribution in [-0.4, -0.2) is 22.8 Å². The molecule has 0 amide bonds. The van der Waals surface area contributed by atoms with Crippen molar-refractivity contribution < 1.29 is 19.1 Å². The summed E-state index contributed by atoms with van der Waals surface area (Å²) in [5.74, 6) is -0.806. The Kier molecular flexibility index (Phi) is 5.72. The summed E-state index contributed by atoms with van der Waals surface area (Å²) in [6.07, 6.45) is -1.17. The van der Waals surface area contributed by atoms with E-state index < -0.39 is 22.5 Å². The van der Waals surface area contributed by atoms with E-state index in [0.29, 0.717) is 5.56 Å². The van der Waals surface area contributed by atoms with Gasteiger partial charge in [-0.3, -0.25) is 4.79 Å². The molecule has 0 aliphatic carbocycles. The SMILES string of the molecule is O=COC(C(=O)OCC(Cl)(Cl)Cl)c1ccccc1. The zero-order valence-corrected chi connectivity index (χ0v) is 11.3. The average Bonchev–Trinajstić information content (AvgIpc) is 2.33. The van der Waals surface area contributed by atoms with Crippen molar-refractivity contribution in [3.05, 3.63) is 35.9 Å². The summed E-state index contributed by atoms with van der Waals surface area (Å²) >= 11 is 16.3. The molecule has 0 saturated carbocycles. The largest absolute Gasteiger partial charge is 0.458 e. The number of ether oxygens (including phenoxy) is 2. The Morgan fingerprint density at radius 1 is 1.28 bits per heavy atom.